The van der Waals surface area contributed by atoms with Crippen molar-refractivity contribution in [2.24, 2.45) is 0 Å². The van der Waals surface area contributed by atoms with Gasteiger partial charge in [-0.25, -0.2) is 0 Å². The third kappa shape index (κ3) is 3.79. The van der Waals surface area contributed by atoms with Crippen molar-refractivity contribution in [2.45, 2.75) is 26.2 Å². The second-order valence-corrected chi connectivity index (χ2v) is 8.42. The molecule has 4 nitrogen and oxygen atoms in total. The van der Waals surface area contributed by atoms with Crippen molar-refractivity contribution in [3.8, 4) is 0 Å². The molecule has 122 valence electrons. The van der Waals surface area contributed by atoms with Gasteiger partial charge in [0.25, 0.3) is 11.8 Å². The summed E-state index contributed by atoms with van der Waals surface area (Å²) in [5.41, 5.74) is 0.0601. The molecule has 1 fully saturated rings. The number of hydrogen-bond donors (Lipinski definition) is 1. The van der Waals surface area contributed by atoms with Gasteiger partial charge in [0.2, 0.25) is 0 Å². The first kappa shape index (κ1) is 18.0. The van der Waals surface area contributed by atoms with Gasteiger partial charge in [-0.15, -0.1) is 17.9 Å². The summed E-state index contributed by atoms with van der Waals surface area (Å²) in [7, 11) is 0. The van der Waals surface area contributed by atoms with Crippen molar-refractivity contribution >= 4 is 62.5 Å². The number of hydrogen-bond acceptors (Lipinski definition) is 4. The molecule has 1 N–H and O–H groups in total. The maximum atomic E-state index is 12.5. The van der Waals surface area contributed by atoms with E-state index >= 15 is 0 Å². The highest BCUT2D eigenvalue weighted by Gasteiger charge is 2.33. The molecule has 1 aliphatic heterocycles. The summed E-state index contributed by atoms with van der Waals surface area (Å²) in [6, 6.07) is 1.92. The first-order valence-corrected chi connectivity index (χ1v) is 8.96. The van der Waals surface area contributed by atoms with Crippen LogP contribution in [0.25, 0.3) is 6.08 Å². The van der Waals surface area contributed by atoms with Crippen molar-refractivity contribution in [1.29, 1.82) is 0 Å². The Morgan fingerprint density at radius 3 is 2.61 bits per heavy atom. The number of rotatable bonds is 3. The second-order valence-electron chi connectivity index (χ2n) is 6.10. The minimum absolute atomic E-state index is 0.0183. The molecular weight excluding hydrogens is 396 g/mol. The lowest BCUT2D eigenvalue weighted by Gasteiger charge is -2.27. The Balaban J connectivity index is 2.41. The van der Waals surface area contributed by atoms with E-state index in [2.05, 4.69) is 48.6 Å². The standard InChI is InChI=1S/C16H17BrN2O2S2/c1-5-6-19-14(21)10(13(20)18-15(19)22)7-9-8-11(17)12(23-9)16(2,3)4/h5,7-8H,1,6H2,2-4H3,(H,18,20,22). The first-order valence-electron chi connectivity index (χ1n) is 6.94. The SMILES string of the molecule is C=CCN1C(=O)C(=Cc2cc(Br)c(C(C)(C)C)s2)C(=O)NC1=S. The van der Waals surface area contributed by atoms with Crippen molar-refractivity contribution in [2.75, 3.05) is 6.54 Å². The van der Waals surface area contributed by atoms with E-state index in [0.29, 0.717) is 0 Å². The molecule has 0 radical (unpaired) electrons. The van der Waals surface area contributed by atoms with Gasteiger partial charge in [-0.1, -0.05) is 26.8 Å². The van der Waals surface area contributed by atoms with Crippen molar-refractivity contribution < 1.29 is 9.59 Å². The van der Waals surface area contributed by atoms with Crippen LogP contribution in [0.1, 0.15) is 30.5 Å². The Bertz CT molecular complexity index is 729. The van der Waals surface area contributed by atoms with E-state index < -0.39 is 11.8 Å². The fourth-order valence-electron chi connectivity index (χ4n) is 2.10. The van der Waals surface area contributed by atoms with Crippen molar-refractivity contribution in [3.63, 3.8) is 0 Å². The topological polar surface area (TPSA) is 49.4 Å². The van der Waals surface area contributed by atoms with Gasteiger partial charge in [-0.2, -0.15) is 0 Å². The Hall–Kier alpha value is -1.31. The second kappa shape index (κ2) is 6.67. The van der Waals surface area contributed by atoms with E-state index in [9.17, 15) is 9.59 Å². The number of halogens is 1. The molecule has 0 bridgehead atoms. The average Bonchev–Trinajstić information content (AvgIpc) is 2.80. The maximum absolute atomic E-state index is 12.5. The molecule has 2 rings (SSSR count). The number of carbonyl (C=O) groups excluding carboxylic acids is 2. The Kier molecular flexibility index (Phi) is 5.23. The summed E-state index contributed by atoms with van der Waals surface area (Å²) in [5, 5.41) is 2.65. The number of thiophene rings is 1. The van der Waals surface area contributed by atoms with Gasteiger partial charge >= 0.3 is 0 Å². The molecule has 0 atom stereocenters. The lowest BCUT2D eigenvalue weighted by atomic mass is 9.95. The lowest BCUT2D eigenvalue weighted by Crippen LogP contribution is -2.53. The number of amides is 2. The zero-order valence-corrected chi connectivity index (χ0v) is 16.3. The van der Waals surface area contributed by atoms with Crippen LogP contribution >= 0.6 is 39.5 Å². The van der Waals surface area contributed by atoms with Crippen molar-refractivity contribution in [1.82, 2.24) is 10.2 Å². The summed E-state index contributed by atoms with van der Waals surface area (Å²) in [5.74, 6) is -0.873. The molecule has 0 aromatic carbocycles. The van der Waals surface area contributed by atoms with Crippen LogP contribution in [0.5, 0.6) is 0 Å². The van der Waals surface area contributed by atoms with Crippen LogP contribution in [0.2, 0.25) is 0 Å². The predicted molar refractivity (Wildman–Crippen MR) is 101 cm³/mol. The molecule has 1 aliphatic rings. The molecule has 0 aliphatic carbocycles. The molecule has 1 aromatic heterocycles. The van der Waals surface area contributed by atoms with E-state index in [-0.39, 0.29) is 22.6 Å². The fourth-order valence-corrected chi connectivity index (χ4v) is 4.64. The van der Waals surface area contributed by atoms with Crippen LogP contribution in [-0.2, 0) is 15.0 Å². The molecule has 23 heavy (non-hydrogen) atoms. The highest BCUT2D eigenvalue weighted by molar-refractivity contribution is 9.10. The van der Waals surface area contributed by atoms with Gasteiger partial charge in [-0.3, -0.25) is 19.8 Å². The third-order valence-electron chi connectivity index (χ3n) is 3.17. The number of carbonyl (C=O) groups is 2. The van der Waals surface area contributed by atoms with E-state index in [1.807, 2.05) is 6.07 Å². The van der Waals surface area contributed by atoms with Gasteiger partial charge in [0.05, 0.1) is 0 Å². The summed E-state index contributed by atoms with van der Waals surface area (Å²) in [4.78, 5) is 27.9. The van der Waals surface area contributed by atoms with E-state index in [4.69, 9.17) is 12.2 Å². The summed E-state index contributed by atoms with van der Waals surface area (Å²) in [6.45, 7) is 10.2. The highest BCUT2D eigenvalue weighted by atomic mass is 79.9. The van der Waals surface area contributed by atoms with E-state index in [1.54, 1.807) is 23.5 Å². The maximum Gasteiger partial charge on any atom is 0.265 e. The zero-order valence-electron chi connectivity index (χ0n) is 13.1. The molecular formula is C16H17BrN2O2S2. The molecule has 1 saturated heterocycles. The smallest absolute Gasteiger partial charge is 0.265 e. The Labute approximate surface area is 153 Å². The largest absolute Gasteiger partial charge is 0.298 e. The summed E-state index contributed by atoms with van der Waals surface area (Å²) in [6.07, 6.45) is 3.18. The van der Waals surface area contributed by atoms with Gasteiger partial charge in [0.1, 0.15) is 5.57 Å². The van der Waals surface area contributed by atoms with Gasteiger partial charge in [0.15, 0.2) is 5.11 Å². The van der Waals surface area contributed by atoms with Crippen LogP contribution in [0.3, 0.4) is 0 Å². The minimum atomic E-state index is -0.470. The van der Waals surface area contributed by atoms with Gasteiger partial charge in [0, 0.05) is 20.8 Å². The van der Waals surface area contributed by atoms with E-state index in [0.717, 1.165) is 14.2 Å². The quantitative estimate of drug-likeness (QED) is 0.357. The van der Waals surface area contributed by atoms with Gasteiger partial charge < -0.3 is 0 Å². The third-order valence-corrected chi connectivity index (χ3v) is 5.89. The van der Waals surface area contributed by atoms with Crippen LogP contribution in [0, 0.1) is 0 Å². The molecule has 0 saturated carbocycles. The Morgan fingerprint density at radius 1 is 1.43 bits per heavy atom. The molecule has 2 heterocycles. The number of nitrogens with one attached hydrogen (secondary N) is 1. The normalized spacial score (nSPS) is 17.7. The molecule has 1 aromatic rings. The van der Waals surface area contributed by atoms with Gasteiger partial charge in [-0.05, 0) is 45.7 Å². The summed E-state index contributed by atoms with van der Waals surface area (Å²) >= 11 is 10.1. The lowest BCUT2D eigenvalue weighted by molar-refractivity contribution is -0.128. The zero-order chi connectivity index (χ0) is 17.4. The molecule has 2 amide bonds. The molecule has 0 unspecified atom stereocenters. The van der Waals surface area contributed by atoms with Crippen molar-refractivity contribution in [3.05, 3.63) is 38.5 Å². The number of thiocarbonyl (C=S) groups is 1. The summed E-state index contributed by atoms with van der Waals surface area (Å²) < 4.78 is 0.976. The average molecular weight is 413 g/mol. The fraction of sp³-hybridized carbons (Fsp3) is 0.312. The van der Waals surface area contributed by atoms with Crippen LogP contribution in [-0.4, -0.2) is 28.4 Å². The predicted octanol–water partition coefficient (Wildman–Crippen LogP) is 3.62. The van der Waals surface area contributed by atoms with E-state index in [1.165, 1.54) is 4.90 Å². The number of nitrogens with zero attached hydrogens (tertiary/aromatic N) is 1. The minimum Gasteiger partial charge on any atom is -0.298 e. The molecule has 0 spiro atoms. The van der Waals surface area contributed by atoms with Crippen LogP contribution < -0.4 is 5.32 Å². The monoisotopic (exact) mass is 412 g/mol. The van der Waals surface area contributed by atoms with Crippen LogP contribution in [0.4, 0.5) is 0 Å². The first-order chi connectivity index (χ1) is 10.6. The highest BCUT2D eigenvalue weighted by Crippen LogP contribution is 2.38. The van der Waals surface area contributed by atoms with Crippen LogP contribution in [0.15, 0.2) is 28.8 Å². The Morgan fingerprint density at radius 2 is 2.09 bits per heavy atom. The molecule has 7 heteroatoms.